The molecule has 1 atom stereocenters. The van der Waals surface area contributed by atoms with Crippen LogP contribution in [0.3, 0.4) is 0 Å². The van der Waals surface area contributed by atoms with Gasteiger partial charge in [-0.15, -0.1) is 0 Å². The molecule has 0 radical (unpaired) electrons. The van der Waals surface area contributed by atoms with Gasteiger partial charge in [-0.05, 0) is 6.92 Å². The molecule has 0 saturated heterocycles. The van der Waals surface area contributed by atoms with Gasteiger partial charge < -0.3 is 9.47 Å². The number of carbonyl (C=O) groups is 2. The molecule has 5 heteroatoms. The summed E-state index contributed by atoms with van der Waals surface area (Å²) in [5.41, 5.74) is 4.91. The van der Waals surface area contributed by atoms with Gasteiger partial charge in [-0.3, -0.25) is 15.3 Å². The quantitative estimate of drug-likeness (QED) is 0.335. The van der Waals surface area contributed by atoms with Gasteiger partial charge in [0.15, 0.2) is 5.92 Å². The predicted octanol–water partition coefficient (Wildman–Crippen LogP) is -0.745. The van der Waals surface area contributed by atoms with Gasteiger partial charge >= 0.3 is 11.9 Å². The van der Waals surface area contributed by atoms with E-state index in [-0.39, 0.29) is 6.73 Å². The summed E-state index contributed by atoms with van der Waals surface area (Å²) in [5.74, 6) is -2.19. The van der Waals surface area contributed by atoms with Crippen molar-refractivity contribution in [3.05, 3.63) is 0 Å². The fourth-order valence-electron chi connectivity index (χ4n) is 0.480. The molecule has 0 aliphatic carbocycles. The second-order valence-corrected chi connectivity index (χ2v) is 1.87. The van der Waals surface area contributed by atoms with Crippen molar-refractivity contribution in [1.29, 1.82) is 0 Å². The lowest BCUT2D eigenvalue weighted by atomic mass is 10.2. The highest BCUT2D eigenvalue weighted by Crippen LogP contribution is 1.99. The average Bonchev–Trinajstić information content (AvgIpc) is 2.02. The average molecular weight is 161 g/mol. The Bertz CT molecular complexity index is 157. The van der Waals surface area contributed by atoms with Crippen molar-refractivity contribution in [3.8, 4) is 0 Å². The minimum absolute atomic E-state index is 0.222. The summed E-state index contributed by atoms with van der Waals surface area (Å²) < 4.78 is 8.66. The summed E-state index contributed by atoms with van der Waals surface area (Å²) in [4.78, 5) is 21.4. The number of carbonyl (C=O) groups excluding carboxylic acids is 2. The first-order valence-corrected chi connectivity index (χ1v) is 3.08. The number of methoxy groups -OCH3 is 1. The standard InChI is InChI=1S/C6H11NO4/c1-4(5(8)10-2)6(9)11-3-7/h4H,3,7H2,1-2H3. The van der Waals surface area contributed by atoms with Crippen LogP contribution in [0, 0.1) is 5.92 Å². The number of esters is 2. The van der Waals surface area contributed by atoms with Crippen LogP contribution < -0.4 is 5.73 Å². The zero-order chi connectivity index (χ0) is 8.85. The zero-order valence-electron chi connectivity index (χ0n) is 6.49. The molecule has 0 aromatic heterocycles. The normalized spacial score (nSPS) is 11.9. The topological polar surface area (TPSA) is 78.6 Å². The van der Waals surface area contributed by atoms with Crippen LogP contribution in [0.4, 0.5) is 0 Å². The van der Waals surface area contributed by atoms with Gasteiger partial charge in [0.1, 0.15) is 6.73 Å². The summed E-state index contributed by atoms with van der Waals surface area (Å²) in [6.07, 6.45) is 0. The summed E-state index contributed by atoms with van der Waals surface area (Å²) >= 11 is 0. The van der Waals surface area contributed by atoms with Gasteiger partial charge in [0.2, 0.25) is 0 Å². The molecular weight excluding hydrogens is 150 g/mol. The molecule has 11 heavy (non-hydrogen) atoms. The Morgan fingerprint density at radius 3 is 2.36 bits per heavy atom. The van der Waals surface area contributed by atoms with Gasteiger partial charge in [-0.1, -0.05) is 0 Å². The van der Waals surface area contributed by atoms with E-state index in [4.69, 9.17) is 5.73 Å². The number of hydrogen-bond acceptors (Lipinski definition) is 5. The van der Waals surface area contributed by atoms with Gasteiger partial charge in [-0.25, -0.2) is 0 Å². The Balaban J connectivity index is 3.91. The first kappa shape index (κ1) is 9.90. The molecule has 0 amide bonds. The predicted molar refractivity (Wildman–Crippen MR) is 36.3 cm³/mol. The second-order valence-electron chi connectivity index (χ2n) is 1.87. The molecule has 2 N–H and O–H groups in total. The van der Waals surface area contributed by atoms with Crippen molar-refractivity contribution in [2.75, 3.05) is 13.8 Å². The van der Waals surface area contributed by atoms with Crippen LogP contribution in [0.25, 0.3) is 0 Å². The third kappa shape index (κ3) is 2.99. The van der Waals surface area contributed by atoms with Gasteiger partial charge in [0.25, 0.3) is 0 Å². The maximum atomic E-state index is 10.7. The third-order valence-corrected chi connectivity index (χ3v) is 1.13. The molecule has 0 aliphatic rings. The summed E-state index contributed by atoms with van der Waals surface area (Å²) in [6.45, 7) is 1.17. The number of rotatable bonds is 3. The summed E-state index contributed by atoms with van der Waals surface area (Å²) in [7, 11) is 1.20. The summed E-state index contributed by atoms with van der Waals surface area (Å²) in [5, 5.41) is 0. The van der Waals surface area contributed by atoms with Crippen molar-refractivity contribution >= 4 is 11.9 Å². The maximum Gasteiger partial charge on any atom is 0.321 e. The van der Waals surface area contributed by atoms with E-state index < -0.39 is 17.9 Å². The lowest BCUT2D eigenvalue weighted by molar-refractivity contribution is -0.159. The Morgan fingerprint density at radius 1 is 1.45 bits per heavy atom. The largest absolute Gasteiger partial charge is 0.468 e. The van der Waals surface area contributed by atoms with Crippen LogP contribution in [0.2, 0.25) is 0 Å². The molecule has 5 nitrogen and oxygen atoms in total. The molecule has 0 fully saturated rings. The van der Waals surface area contributed by atoms with Gasteiger partial charge in [0, 0.05) is 0 Å². The second kappa shape index (κ2) is 4.68. The van der Waals surface area contributed by atoms with Crippen molar-refractivity contribution in [2.24, 2.45) is 11.7 Å². The highest BCUT2D eigenvalue weighted by molar-refractivity contribution is 5.94. The number of hydrogen-bond donors (Lipinski definition) is 1. The van der Waals surface area contributed by atoms with Crippen LogP contribution in [0.15, 0.2) is 0 Å². The number of nitrogens with two attached hydrogens (primary N) is 1. The smallest absolute Gasteiger partial charge is 0.321 e. The Labute approximate surface area is 64.5 Å². The zero-order valence-corrected chi connectivity index (χ0v) is 6.49. The fraction of sp³-hybridized carbons (Fsp3) is 0.667. The molecule has 0 aromatic rings. The third-order valence-electron chi connectivity index (χ3n) is 1.13. The maximum absolute atomic E-state index is 10.7. The molecule has 0 heterocycles. The first-order valence-electron chi connectivity index (χ1n) is 3.08. The molecule has 0 bridgehead atoms. The monoisotopic (exact) mass is 161 g/mol. The molecule has 0 rings (SSSR count). The van der Waals surface area contributed by atoms with E-state index in [1.807, 2.05) is 0 Å². The Hall–Kier alpha value is -1.10. The van der Waals surface area contributed by atoms with Crippen molar-refractivity contribution in [3.63, 3.8) is 0 Å². The van der Waals surface area contributed by atoms with Crippen LogP contribution >= 0.6 is 0 Å². The van der Waals surface area contributed by atoms with Crippen molar-refractivity contribution in [1.82, 2.24) is 0 Å². The van der Waals surface area contributed by atoms with Gasteiger partial charge in [-0.2, -0.15) is 0 Å². The Morgan fingerprint density at radius 2 is 2.00 bits per heavy atom. The van der Waals surface area contributed by atoms with Crippen molar-refractivity contribution in [2.45, 2.75) is 6.92 Å². The van der Waals surface area contributed by atoms with E-state index in [1.54, 1.807) is 0 Å². The van der Waals surface area contributed by atoms with Crippen LogP contribution in [-0.2, 0) is 19.1 Å². The highest BCUT2D eigenvalue weighted by atomic mass is 16.6. The molecule has 0 aromatic carbocycles. The van der Waals surface area contributed by atoms with Gasteiger partial charge in [0.05, 0.1) is 7.11 Å². The SMILES string of the molecule is COC(=O)C(C)C(=O)OCN. The highest BCUT2D eigenvalue weighted by Gasteiger charge is 2.22. The summed E-state index contributed by atoms with van der Waals surface area (Å²) in [6, 6.07) is 0. The number of ether oxygens (including phenoxy) is 2. The van der Waals surface area contributed by atoms with Crippen LogP contribution in [0.1, 0.15) is 6.92 Å². The van der Waals surface area contributed by atoms with E-state index in [1.165, 1.54) is 14.0 Å². The van der Waals surface area contributed by atoms with E-state index in [0.717, 1.165) is 0 Å². The molecule has 0 aliphatic heterocycles. The molecule has 0 spiro atoms. The van der Waals surface area contributed by atoms with Crippen LogP contribution in [0.5, 0.6) is 0 Å². The fourth-order valence-corrected chi connectivity index (χ4v) is 0.480. The molecule has 1 unspecified atom stereocenters. The lowest BCUT2D eigenvalue weighted by Gasteiger charge is -2.06. The molecular formula is C6H11NO4. The van der Waals surface area contributed by atoms with E-state index >= 15 is 0 Å². The Kier molecular flexibility index (Phi) is 4.21. The van der Waals surface area contributed by atoms with Crippen LogP contribution in [-0.4, -0.2) is 25.8 Å². The molecule has 64 valence electrons. The van der Waals surface area contributed by atoms with E-state index in [0.29, 0.717) is 0 Å². The van der Waals surface area contributed by atoms with E-state index in [2.05, 4.69) is 9.47 Å². The minimum atomic E-state index is -0.899. The minimum Gasteiger partial charge on any atom is -0.468 e. The van der Waals surface area contributed by atoms with E-state index in [9.17, 15) is 9.59 Å². The van der Waals surface area contributed by atoms with Crippen molar-refractivity contribution < 1.29 is 19.1 Å². The lowest BCUT2D eigenvalue weighted by Crippen LogP contribution is -2.26. The molecule has 0 saturated carbocycles. The first-order chi connectivity index (χ1) is 5.13.